The van der Waals surface area contributed by atoms with E-state index >= 15 is 0 Å². The fourth-order valence-corrected chi connectivity index (χ4v) is 3.83. The minimum atomic E-state index is -0.599. The van der Waals surface area contributed by atoms with Crippen LogP contribution in [0.2, 0.25) is 0 Å². The first kappa shape index (κ1) is 14.0. The fraction of sp³-hybridized carbons (Fsp3) is 0.100. The van der Waals surface area contributed by atoms with Crippen LogP contribution in [0, 0.1) is 0 Å². The number of hydrogen-bond donors (Lipinski definition) is 2. The number of ether oxygens (including phenoxy) is 1. The summed E-state index contributed by atoms with van der Waals surface area (Å²) in [6.45, 7) is 0. The number of Topliss-reactive ketones (excluding diaryl/α,β-unsaturated/α-hetero) is 1. The third-order valence-corrected chi connectivity index (χ3v) is 4.89. The fourth-order valence-electron chi connectivity index (χ4n) is 3.83. The molecule has 122 valence electrons. The topological polar surface area (TPSA) is 79.4 Å². The number of carbonyl (C=O) groups excluding carboxylic acids is 2. The van der Waals surface area contributed by atoms with E-state index in [4.69, 9.17) is 4.74 Å². The lowest BCUT2D eigenvalue weighted by Gasteiger charge is -2.22. The van der Waals surface area contributed by atoms with Gasteiger partial charge in [0.05, 0.1) is 17.6 Å². The molecule has 5 heteroatoms. The van der Waals surface area contributed by atoms with Crippen molar-refractivity contribution in [1.82, 2.24) is 4.98 Å². The van der Waals surface area contributed by atoms with Crippen LogP contribution in [-0.2, 0) is 9.53 Å². The second-order valence-corrected chi connectivity index (χ2v) is 6.26. The zero-order chi connectivity index (χ0) is 17.1. The number of aromatic amines is 1. The van der Waals surface area contributed by atoms with E-state index in [-0.39, 0.29) is 23.5 Å². The first-order valence-electron chi connectivity index (χ1n) is 8.02. The molecule has 5 nitrogen and oxygen atoms in total. The Labute approximate surface area is 142 Å². The SMILES string of the molecule is O=C1O[C@H]2CC(=O)c3c(O)cccc3C2=C1c1c[nH]c2ccccc12. The highest BCUT2D eigenvalue weighted by atomic mass is 16.5. The summed E-state index contributed by atoms with van der Waals surface area (Å²) in [6.07, 6.45) is 1.24. The molecule has 0 saturated carbocycles. The molecule has 0 amide bonds. The number of nitrogens with one attached hydrogen (secondary N) is 1. The summed E-state index contributed by atoms with van der Waals surface area (Å²) in [5, 5.41) is 11.0. The van der Waals surface area contributed by atoms with Gasteiger partial charge < -0.3 is 14.8 Å². The lowest BCUT2D eigenvalue weighted by molar-refractivity contribution is -0.137. The number of carbonyl (C=O) groups is 2. The van der Waals surface area contributed by atoms with Crippen molar-refractivity contribution in [3.8, 4) is 5.75 Å². The lowest BCUT2D eigenvalue weighted by Crippen LogP contribution is -2.23. The Kier molecular flexibility index (Phi) is 2.71. The normalized spacial score (nSPS) is 19.1. The van der Waals surface area contributed by atoms with Crippen LogP contribution in [0.3, 0.4) is 0 Å². The van der Waals surface area contributed by atoms with Gasteiger partial charge in [0.1, 0.15) is 11.9 Å². The number of phenolic OH excluding ortho intramolecular Hbond substituents is 1. The van der Waals surface area contributed by atoms with E-state index in [0.717, 1.165) is 16.5 Å². The molecule has 2 aromatic carbocycles. The van der Waals surface area contributed by atoms with Gasteiger partial charge in [-0.25, -0.2) is 4.79 Å². The van der Waals surface area contributed by atoms with E-state index in [1.807, 2.05) is 24.3 Å². The number of H-pyrrole nitrogens is 1. The first-order valence-corrected chi connectivity index (χ1v) is 8.02. The molecule has 1 atom stereocenters. The smallest absolute Gasteiger partial charge is 0.339 e. The van der Waals surface area contributed by atoms with Crippen LogP contribution in [0.15, 0.2) is 48.7 Å². The van der Waals surface area contributed by atoms with Crippen molar-refractivity contribution in [2.24, 2.45) is 0 Å². The highest BCUT2D eigenvalue weighted by Crippen LogP contribution is 2.46. The Morgan fingerprint density at radius 1 is 1.04 bits per heavy atom. The molecular formula is C20H13NO4. The average molecular weight is 331 g/mol. The molecule has 3 aromatic rings. The molecule has 0 bridgehead atoms. The minimum absolute atomic E-state index is 0.0531. The van der Waals surface area contributed by atoms with Crippen LogP contribution >= 0.6 is 0 Å². The van der Waals surface area contributed by atoms with Gasteiger partial charge in [-0.15, -0.1) is 0 Å². The van der Waals surface area contributed by atoms with E-state index in [1.54, 1.807) is 18.3 Å². The average Bonchev–Trinajstić information content (AvgIpc) is 3.15. The number of rotatable bonds is 1. The van der Waals surface area contributed by atoms with E-state index in [1.165, 1.54) is 6.07 Å². The molecule has 2 N–H and O–H groups in total. The number of aromatic nitrogens is 1. The van der Waals surface area contributed by atoms with Gasteiger partial charge in [0, 0.05) is 28.2 Å². The van der Waals surface area contributed by atoms with Gasteiger partial charge in [0.25, 0.3) is 0 Å². The molecule has 1 aliphatic heterocycles. The van der Waals surface area contributed by atoms with Crippen molar-refractivity contribution in [2.75, 3.05) is 0 Å². The highest BCUT2D eigenvalue weighted by Gasteiger charge is 2.43. The molecule has 0 unspecified atom stereocenters. The van der Waals surface area contributed by atoms with Crippen molar-refractivity contribution in [2.45, 2.75) is 12.5 Å². The zero-order valence-electron chi connectivity index (χ0n) is 13.1. The van der Waals surface area contributed by atoms with Gasteiger partial charge in [-0.05, 0) is 17.7 Å². The van der Waals surface area contributed by atoms with Crippen molar-refractivity contribution in [1.29, 1.82) is 0 Å². The van der Waals surface area contributed by atoms with E-state index in [2.05, 4.69) is 4.98 Å². The van der Waals surface area contributed by atoms with Gasteiger partial charge in [0.2, 0.25) is 0 Å². The number of para-hydroxylation sites is 1. The van der Waals surface area contributed by atoms with Gasteiger partial charge in [-0.1, -0.05) is 30.3 Å². The molecule has 1 aliphatic carbocycles. The summed E-state index contributed by atoms with van der Waals surface area (Å²) in [5.41, 5.74) is 3.66. The molecule has 0 radical (unpaired) electrons. The van der Waals surface area contributed by atoms with Crippen LogP contribution in [0.5, 0.6) is 5.75 Å². The van der Waals surface area contributed by atoms with Crippen LogP contribution in [0.25, 0.3) is 22.0 Å². The van der Waals surface area contributed by atoms with Gasteiger partial charge >= 0.3 is 5.97 Å². The summed E-state index contributed by atoms with van der Waals surface area (Å²) in [4.78, 5) is 28.2. The number of esters is 1. The molecule has 2 aliphatic rings. The Morgan fingerprint density at radius 3 is 2.76 bits per heavy atom. The zero-order valence-corrected chi connectivity index (χ0v) is 13.1. The van der Waals surface area contributed by atoms with Crippen LogP contribution in [0.4, 0.5) is 0 Å². The van der Waals surface area contributed by atoms with Crippen molar-refractivity contribution in [3.63, 3.8) is 0 Å². The molecular weight excluding hydrogens is 318 g/mol. The second kappa shape index (κ2) is 4.83. The maximum atomic E-state index is 12.6. The number of phenols is 1. The van der Waals surface area contributed by atoms with Crippen molar-refractivity contribution < 1.29 is 19.4 Å². The largest absolute Gasteiger partial charge is 0.507 e. The number of ketones is 1. The van der Waals surface area contributed by atoms with Gasteiger partial charge in [0.15, 0.2) is 5.78 Å². The monoisotopic (exact) mass is 331 g/mol. The summed E-state index contributed by atoms with van der Waals surface area (Å²) >= 11 is 0. The van der Waals surface area contributed by atoms with Crippen LogP contribution < -0.4 is 0 Å². The third kappa shape index (κ3) is 1.83. The molecule has 5 rings (SSSR count). The summed E-state index contributed by atoms with van der Waals surface area (Å²) in [6, 6.07) is 12.6. The number of benzene rings is 2. The second-order valence-electron chi connectivity index (χ2n) is 6.26. The predicted molar refractivity (Wildman–Crippen MR) is 92.0 cm³/mol. The Hall–Kier alpha value is -3.34. The van der Waals surface area contributed by atoms with Crippen LogP contribution in [0.1, 0.15) is 27.9 Å². The quantitative estimate of drug-likeness (QED) is 0.671. The van der Waals surface area contributed by atoms with E-state index < -0.39 is 12.1 Å². The number of hydrogen-bond acceptors (Lipinski definition) is 4. The minimum Gasteiger partial charge on any atom is -0.507 e. The van der Waals surface area contributed by atoms with E-state index in [9.17, 15) is 14.7 Å². The maximum Gasteiger partial charge on any atom is 0.339 e. The Balaban J connectivity index is 1.85. The third-order valence-electron chi connectivity index (χ3n) is 4.89. The maximum absolute atomic E-state index is 12.6. The van der Waals surface area contributed by atoms with Crippen LogP contribution in [-0.4, -0.2) is 27.9 Å². The summed E-state index contributed by atoms with van der Waals surface area (Å²) in [5.74, 6) is -0.713. The lowest BCUT2D eigenvalue weighted by atomic mass is 9.81. The molecule has 25 heavy (non-hydrogen) atoms. The molecule has 0 fully saturated rings. The van der Waals surface area contributed by atoms with E-state index in [0.29, 0.717) is 16.7 Å². The van der Waals surface area contributed by atoms with Gasteiger partial charge in [-0.2, -0.15) is 0 Å². The summed E-state index contributed by atoms with van der Waals surface area (Å²) in [7, 11) is 0. The molecule has 1 aromatic heterocycles. The Bertz CT molecular complexity index is 1110. The molecule has 0 spiro atoms. The molecule has 0 saturated heterocycles. The summed E-state index contributed by atoms with van der Waals surface area (Å²) < 4.78 is 5.49. The number of aromatic hydroxyl groups is 1. The Morgan fingerprint density at radius 2 is 1.88 bits per heavy atom. The van der Waals surface area contributed by atoms with Gasteiger partial charge in [-0.3, -0.25) is 4.79 Å². The number of fused-ring (bicyclic) bond motifs is 4. The highest BCUT2D eigenvalue weighted by molar-refractivity contribution is 6.32. The standard InChI is InChI=1S/C20H13NO4/c22-14-7-3-5-11-17(14)15(23)8-16-18(11)19(20(24)25-16)12-9-21-13-6-2-1-4-10(12)13/h1-7,9,16,21-22H,8H2/t16-/m0/s1. The van der Waals surface area contributed by atoms with Crippen molar-refractivity contribution in [3.05, 3.63) is 65.4 Å². The first-order chi connectivity index (χ1) is 12.1. The molecule has 2 heterocycles. The predicted octanol–water partition coefficient (Wildman–Crippen LogP) is 3.30. The van der Waals surface area contributed by atoms with Crippen molar-refractivity contribution >= 4 is 33.8 Å².